The number of pyridine rings is 1. The molecule has 1 aromatic rings. The van der Waals surface area contributed by atoms with Crippen LogP contribution in [-0.2, 0) is 0 Å². The van der Waals surface area contributed by atoms with Gasteiger partial charge in [-0.2, -0.15) is 0 Å². The third-order valence-corrected chi connectivity index (χ3v) is 4.34. The molecule has 0 spiro atoms. The van der Waals surface area contributed by atoms with Crippen molar-refractivity contribution in [3.63, 3.8) is 0 Å². The van der Waals surface area contributed by atoms with Crippen LogP contribution in [0.3, 0.4) is 0 Å². The Labute approximate surface area is 137 Å². The summed E-state index contributed by atoms with van der Waals surface area (Å²) in [6.07, 6.45) is 3.38. The Morgan fingerprint density at radius 1 is 1.29 bits per heavy atom. The van der Waals surface area contributed by atoms with Crippen LogP contribution in [0.5, 0.6) is 0 Å². The number of piperidine rings is 1. The molecule has 1 aliphatic rings. The molecular weight excluding hydrogens is 307 g/mol. The zero-order valence-electron chi connectivity index (χ0n) is 12.8. The van der Waals surface area contributed by atoms with Crippen LogP contribution >= 0.6 is 23.2 Å². The molecule has 1 aliphatic heterocycles. The predicted molar refractivity (Wildman–Crippen MR) is 91.8 cm³/mol. The van der Waals surface area contributed by atoms with Gasteiger partial charge in [-0.1, -0.05) is 37.0 Å². The van der Waals surface area contributed by atoms with Crippen molar-refractivity contribution in [1.29, 1.82) is 0 Å². The summed E-state index contributed by atoms with van der Waals surface area (Å²) in [5, 5.41) is 7.86. The van der Waals surface area contributed by atoms with E-state index in [4.69, 9.17) is 23.2 Å². The van der Waals surface area contributed by atoms with Gasteiger partial charge in [-0.15, -0.1) is 0 Å². The van der Waals surface area contributed by atoms with E-state index in [1.54, 1.807) is 6.07 Å². The zero-order valence-corrected chi connectivity index (χ0v) is 14.3. The first-order chi connectivity index (χ1) is 10.1. The van der Waals surface area contributed by atoms with E-state index >= 15 is 0 Å². The minimum absolute atomic E-state index is 0.393. The molecule has 4 nitrogen and oxygen atoms in total. The molecule has 0 radical (unpaired) electrons. The summed E-state index contributed by atoms with van der Waals surface area (Å²) < 4.78 is 0. The van der Waals surface area contributed by atoms with E-state index < -0.39 is 0 Å². The number of likely N-dealkylation sites (tertiary alicyclic amines) is 1. The van der Waals surface area contributed by atoms with Gasteiger partial charge in [0.15, 0.2) is 0 Å². The number of hydrogen-bond donors (Lipinski definition) is 2. The molecule has 0 saturated carbocycles. The quantitative estimate of drug-likeness (QED) is 0.823. The Kier molecular flexibility index (Phi) is 6.40. The molecule has 2 rings (SSSR count). The fourth-order valence-electron chi connectivity index (χ4n) is 2.59. The molecule has 0 aliphatic carbocycles. The number of hydrogen-bond acceptors (Lipinski definition) is 4. The van der Waals surface area contributed by atoms with E-state index in [9.17, 15) is 0 Å². The lowest BCUT2D eigenvalue weighted by Gasteiger charge is -2.32. The molecule has 0 amide bonds. The summed E-state index contributed by atoms with van der Waals surface area (Å²) in [7, 11) is 0. The number of nitrogens with zero attached hydrogens (tertiary/aromatic N) is 2. The smallest absolute Gasteiger partial charge is 0.147 e. The van der Waals surface area contributed by atoms with Gasteiger partial charge < -0.3 is 15.5 Å². The molecule has 2 heterocycles. The van der Waals surface area contributed by atoms with Crippen LogP contribution < -0.4 is 10.6 Å². The average molecular weight is 331 g/mol. The maximum atomic E-state index is 6.27. The number of anilines is 2. The van der Waals surface area contributed by atoms with Crippen molar-refractivity contribution in [1.82, 2.24) is 9.88 Å². The largest absolute Gasteiger partial charge is 0.369 e. The van der Waals surface area contributed by atoms with Crippen molar-refractivity contribution in [3.8, 4) is 0 Å². The molecule has 1 aromatic heterocycles. The highest BCUT2D eigenvalue weighted by Gasteiger charge is 2.20. The first-order valence-corrected chi connectivity index (χ1v) is 8.48. The molecule has 6 heteroatoms. The van der Waals surface area contributed by atoms with Crippen LogP contribution in [0.4, 0.5) is 11.6 Å². The zero-order chi connectivity index (χ0) is 15.2. The minimum atomic E-state index is 0.393. The van der Waals surface area contributed by atoms with Crippen LogP contribution in [0.1, 0.15) is 33.1 Å². The lowest BCUT2D eigenvalue weighted by atomic mass is 10.1. The molecule has 1 atom stereocenters. The van der Waals surface area contributed by atoms with Gasteiger partial charge in [-0.25, -0.2) is 4.98 Å². The molecule has 0 aromatic carbocycles. The fourth-order valence-corrected chi connectivity index (χ4v) is 3.07. The lowest BCUT2D eigenvalue weighted by Crippen LogP contribution is -2.42. The molecule has 118 valence electrons. The first-order valence-electron chi connectivity index (χ1n) is 7.72. The average Bonchev–Trinajstić information content (AvgIpc) is 2.49. The fraction of sp³-hybridized carbons (Fsp3) is 0.667. The molecule has 0 bridgehead atoms. The van der Waals surface area contributed by atoms with Crippen LogP contribution in [0, 0.1) is 0 Å². The van der Waals surface area contributed by atoms with E-state index in [0.717, 1.165) is 38.3 Å². The van der Waals surface area contributed by atoms with Crippen molar-refractivity contribution in [2.24, 2.45) is 0 Å². The third kappa shape index (κ3) is 4.63. The van der Waals surface area contributed by atoms with E-state index in [1.807, 2.05) is 0 Å². The van der Waals surface area contributed by atoms with Gasteiger partial charge in [-0.05, 0) is 38.4 Å². The monoisotopic (exact) mass is 330 g/mol. The second kappa shape index (κ2) is 8.06. The first kappa shape index (κ1) is 16.7. The van der Waals surface area contributed by atoms with Crippen LogP contribution in [0.25, 0.3) is 0 Å². The van der Waals surface area contributed by atoms with Crippen molar-refractivity contribution < 1.29 is 0 Å². The Morgan fingerprint density at radius 2 is 2.05 bits per heavy atom. The van der Waals surface area contributed by atoms with Gasteiger partial charge in [0, 0.05) is 19.1 Å². The van der Waals surface area contributed by atoms with Gasteiger partial charge in [0.05, 0.1) is 10.0 Å². The lowest BCUT2D eigenvalue weighted by molar-refractivity contribution is 0.226. The number of likely N-dealkylation sites (N-methyl/N-ethyl adjacent to an activating group) is 1. The van der Waals surface area contributed by atoms with E-state index in [2.05, 4.69) is 34.4 Å². The Balaban J connectivity index is 2.07. The summed E-state index contributed by atoms with van der Waals surface area (Å²) >= 11 is 12.5. The van der Waals surface area contributed by atoms with Crippen LogP contribution in [-0.4, -0.2) is 42.1 Å². The highest BCUT2D eigenvalue weighted by Crippen LogP contribution is 2.30. The minimum Gasteiger partial charge on any atom is -0.369 e. The number of nitrogens with one attached hydrogen (secondary N) is 2. The molecule has 2 N–H and O–H groups in total. The maximum absolute atomic E-state index is 6.27. The second-order valence-corrected chi connectivity index (χ2v) is 6.27. The number of aromatic nitrogens is 1. The molecule has 1 saturated heterocycles. The van der Waals surface area contributed by atoms with E-state index in [1.165, 1.54) is 13.0 Å². The topological polar surface area (TPSA) is 40.2 Å². The Hall–Kier alpha value is -0.710. The molecular formula is C15H24Cl2N4. The molecule has 1 unspecified atom stereocenters. The number of halogens is 2. The highest BCUT2D eigenvalue weighted by atomic mass is 35.5. The summed E-state index contributed by atoms with van der Waals surface area (Å²) in [6, 6.07) is 2.15. The summed E-state index contributed by atoms with van der Waals surface area (Å²) in [5.41, 5.74) is 0. The summed E-state index contributed by atoms with van der Waals surface area (Å²) in [4.78, 5) is 7.00. The van der Waals surface area contributed by atoms with Gasteiger partial charge in [0.1, 0.15) is 11.6 Å². The Bertz CT molecular complexity index is 467. The van der Waals surface area contributed by atoms with Gasteiger partial charge in [-0.3, -0.25) is 0 Å². The summed E-state index contributed by atoms with van der Waals surface area (Å²) in [5.74, 6) is 1.43. The number of rotatable bonds is 6. The SMILES string of the molecule is CCCNc1nc(NC2CCCN(CC)C2)c(Cl)cc1Cl. The van der Waals surface area contributed by atoms with Crippen LogP contribution in [0.15, 0.2) is 6.07 Å². The molecule has 21 heavy (non-hydrogen) atoms. The Morgan fingerprint density at radius 3 is 2.76 bits per heavy atom. The van der Waals surface area contributed by atoms with E-state index in [0.29, 0.717) is 21.9 Å². The van der Waals surface area contributed by atoms with Crippen molar-refractivity contribution in [3.05, 3.63) is 16.1 Å². The van der Waals surface area contributed by atoms with E-state index in [-0.39, 0.29) is 0 Å². The van der Waals surface area contributed by atoms with Crippen molar-refractivity contribution >= 4 is 34.8 Å². The standard InChI is InChI=1S/C15H24Cl2N4/c1-3-7-18-14-12(16)9-13(17)15(20-14)19-11-6-5-8-21(4-2)10-11/h9,11H,3-8,10H2,1-2H3,(H2,18,19,20). The predicted octanol–water partition coefficient (Wildman–Crippen LogP) is 4.11. The highest BCUT2D eigenvalue weighted by molar-refractivity contribution is 6.37. The van der Waals surface area contributed by atoms with Gasteiger partial charge in [0.25, 0.3) is 0 Å². The van der Waals surface area contributed by atoms with Crippen molar-refractivity contribution in [2.75, 3.05) is 36.8 Å². The second-order valence-electron chi connectivity index (χ2n) is 5.45. The van der Waals surface area contributed by atoms with Crippen molar-refractivity contribution in [2.45, 2.75) is 39.2 Å². The van der Waals surface area contributed by atoms with Crippen LogP contribution in [0.2, 0.25) is 10.0 Å². The van der Waals surface area contributed by atoms with Gasteiger partial charge in [0.2, 0.25) is 0 Å². The molecule has 1 fully saturated rings. The van der Waals surface area contributed by atoms with Gasteiger partial charge >= 0.3 is 0 Å². The summed E-state index contributed by atoms with van der Waals surface area (Å²) in [6.45, 7) is 8.46. The third-order valence-electron chi connectivity index (χ3n) is 3.77. The maximum Gasteiger partial charge on any atom is 0.147 e. The normalized spacial score (nSPS) is 19.5.